The van der Waals surface area contributed by atoms with Gasteiger partial charge in [0.05, 0.1) is 12.4 Å². The fourth-order valence-corrected chi connectivity index (χ4v) is 2.78. The molecule has 4 N–H and O–H groups in total. The number of amidine groups is 1. The highest BCUT2D eigenvalue weighted by Crippen LogP contribution is 2.44. The van der Waals surface area contributed by atoms with Crippen LogP contribution in [0, 0.1) is 5.82 Å². The number of carbonyl (C=O) groups is 2. The van der Waals surface area contributed by atoms with Gasteiger partial charge in [0.2, 0.25) is 0 Å². The van der Waals surface area contributed by atoms with Crippen molar-refractivity contribution in [3.05, 3.63) is 52.8 Å². The van der Waals surface area contributed by atoms with Gasteiger partial charge >= 0.3 is 0 Å². The number of aromatic nitrogens is 2. The minimum absolute atomic E-state index is 0.0584. The number of ether oxygens (including phenoxy) is 1. The second-order valence-electron chi connectivity index (χ2n) is 6.35. The topological polar surface area (TPSA) is 140 Å². The molecule has 166 valence electrons. The highest BCUT2D eigenvalue weighted by atomic mass is 35.5. The molecule has 2 aromatic rings. The SMILES string of the molecule is C[C@]1(c2cc(NC(=O)c3cnc(Cl)cn3)ccc2F)N=C(N)COCC1(F)F.O=CO. The van der Waals surface area contributed by atoms with Gasteiger partial charge in [-0.25, -0.2) is 23.1 Å². The Morgan fingerprint density at radius 2 is 2.03 bits per heavy atom. The number of aliphatic imine (C=N–C) groups is 1. The normalized spacial score (nSPS) is 19.8. The van der Waals surface area contributed by atoms with Crippen LogP contribution >= 0.6 is 11.6 Å². The van der Waals surface area contributed by atoms with Crippen LogP contribution in [0.5, 0.6) is 0 Å². The lowest BCUT2D eigenvalue weighted by molar-refractivity contribution is -0.122. The minimum Gasteiger partial charge on any atom is -0.483 e. The largest absolute Gasteiger partial charge is 0.483 e. The molecule has 31 heavy (non-hydrogen) atoms. The monoisotopic (exact) mass is 459 g/mol. The molecule has 2 heterocycles. The van der Waals surface area contributed by atoms with Crippen molar-refractivity contribution in [2.75, 3.05) is 18.5 Å². The van der Waals surface area contributed by atoms with Gasteiger partial charge in [-0.3, -0.25) is 14.6 Å². The maximum atomic E-state index is 14.7. The van der Waals surface area contributed by atoms with E-state index in [-0.39, 0.29) is 35.4 Å². The summed E-state index contributed by atoms with van der Waals surface area (Å²) in [5.74, 6) is -5.33. The van der Waals surface area contributed by atoms with Crippen LogP contribution in [0.15, 0.2) is 35.6 Å². The van der Waals surface area contributed by atoms with Gasteiger partial charge in [-0.15, -0.1) is 0 Å². The zero-order chi connectivity index (χ0) is 23.2. The maximum absolute atomic E-state index is 14.7. The molecule has 1 amide bonds. The third-order valence-corrected chi connectivity index (χ3v) is 4.41. The number of nitrogens with one attached hydrogen (secondary N) is 1. The van der Waals surface area contributed by atoms with E-state index in [1.165, 1.54) is 12.3 Å². The summed E-state index contributed by atoms with van der Waals surface area (Å²) in [6.07, 6.45) is 2.32. The molecule has 13 heteroatoms. The molecule has 1 aromatic carbocycles. The molecule has 0 bridgehead atoms. The van der Waals surface area contributed by atoms with Crippen LogP contribution in [-0.4, -0.2) is 52.4 Å². The molecule has 0 spiro atoms. The summed E-state index contributed by atoms with van der Waals surface area (Å²) in [5, 5.41) is 9.44. The molecular weight excluding hydrogens is 443 g/mol. The molecule has 0 aliphatic carbocycles. The highest BCUT2D eigenvalue weighted by molar-refractivity contribution is 6.29. The van der Waals surface area contributed by atoms with Gasteiger partial charge in [0.25, 0.3) is 18.3 Å². The lowest BCUT2D eigenvalue weighted by Crippen LogP contribution is -2.45. The number of hydrogen-bond acceptors (Lipinski definition) is 7. The van der Waals surface area contributed by atoms with E-state index in [2.05, 4.69) is 20.3 Å². The Labute approximate surface area is 179 Å². The first kappa shape index (κ1) is 24.0. The summed E-state index contributed by atoms with van der Waals surface area (Å²) in [7, 11) is 0. The Bertz CT molecular complexity index is 991. The Morgan fingerprint density at radius 3 is 2.65 bits per heavy atom. The van der Waals surface area contributed by atoms with Gasteiger partial charge in [-0.2, -0.15) is 0 Å². The van der Waals surface area contributed by atoms with E-state index in [4.69, 9.17) is 32.0 Å². The quantitative estimate of drug-likeness (QED) is 0.599. The average Bonchev–Trinajstić information content (AvgIpc) is 2.80. The summed E-state index contributed by atoms with van der Waals surface area (Å²) < 4.78 is 48.6. The third kappa shape index (κ3) is 5.47. The third-order valence-electron chi connectivity index (χ3n) is 4.21. The van der Waals surface area contributed by atoms with Crippen LogP contribution in [-0.2, 0) is 15.1 Å². The molecule has 0 saturated carbocycles. The van der Waals surface area contributed by atoms with Gasteiger partial charge in [0.1, 0.15) is 35.7 Å². The van der Waals surface area contributed by atoms with E-state index in [1.54, 1.807) is 0 Å². The molecule has 0 radical (unpaired) electrons. The van der Waals surface area contributed by atoms with Crippen LogP contribution in [0.2, 0.25) is 5.15 Å². The van der Waals surface area contributed by atoms with Gasteiger partial charge in [0.15, 0.2) is 5.54 Å². The Balaban J connectivity index is 0.00000107. The number of alkyl halides is 2. The van der Waals surface area contributed by atoms with Crippen LogP contribution < -0.4 is 11.1 Å². The average molecular weight is 460 g/mol. The Morgan fingerprint density at radius 1 is 1.35 bits per heavy atom. The van der Waals surface area contributed by atoms with Crippen LogP contribution in [0.4, 0.5) is 18.9 Å². The zero-order valence-electron chi connectivity index (χ0n) is 16.0. The number of amides is 1. The summed E-state index contributed by atoms with van der Waals surface area (Å²) >= 11 is 5.62. The van der Waals surface area contributed by atoms with E-state index in [0.29, 0.717) is 0 Å². The number of nitrogens with zero attached hydrogens (tertiary/aromatic N) is 3. The van der Waals surface area contributed by atoms with E-state index >= 15 is 0 Å². The van der Waals surface area contributed by atoms with E-state index < -0.39 is 35.4 Å². The molecule has 1 aliphatic heterocycles. The highest BCUT2D eigenvalue weighted by Gasteiger charge is 2.54. The number of benzene rings is 1. The summed E-state index contributed by atoms with van der Waals surface area (Å²) in [5.41, 5.74) is 2.85. The zero-order valence-corrected chi connectivity index (χ0v) is 16.7. The molecule has 1 aromatic heterocycles. The predicted molar refractivity (Wildman–Crippen MR) is 105 cm³/mol. The van der Waals surface area contributed by atoms with E-state index in [1.807, 2.05) is 0 Å². The first-order chi connectivity index (χ1) is 14.5. The number of halogens is 4. The first-order valence-corrected chi connectivity index (χ1v) is 8.88. The molecule has 0 saturated heterocycles. The summed E-state index contributed by atoms with van der Waals surface area (Å²) in [6.45, 7) is -0.466. The molecule has 0 fully saturated rings. The number of carbonyl (C=O) groups excluding carboxylic acids is 1. The second kappa shape index (κ2) is 9.71. The fourth-order valence-electron chi connectivity index (χ4n) is 2.68. The number of nitrogens with two attached hydrogens (primary N) is 1. The van der Waals surface area contributed by atoms with Crippen molar-refractivity contribution in [1.82, 2.24) is 9.97 Å². The number of rotatable bonds is 3. The van der Waals surface area contributed by atoms with Crippen molar-refractivity contribution < 1.29 is 32.6 Å². The van der Waals surface area contributed by atoms with Crippen molar-refractivity contribution in [3.8, 4) is 0 Å². The lowest BCUT2D eigenvalue weighted by Gasteiger charge is -2.33. The number of anilines is 1. The number of carboxylic acid groups (broad SMARTS) is 1. The van der Waals surface area contributed by atoms with Crippen LogP contribution in [0.3, 0.4) is 0 Å². The molecule has 1 atom stereocenters. The summed E-state index contributed by atoms with van der Waals surface area (Å²) in [6, 6.07) is 3.26. The van der Waals surface area contributed by atoms with Crippen molar-refractivity contribution in [2.24, 2.45) is 10.7 Å². The van der Waals surface area contributed by atoms with Crippen molar-refractivity contribution >= 4 is 35.5 Å². The molecule has 9 nitrogen and oxygen atoms in total. The number of hydrogen-bond donors (Lipinski definition) is 3. The van der Waals surface area contributed by atoms with Crippen LogP contribution in [0.1, 0.15) is 23.0 Å². The molecular formula is C18H17ClF3N5O4. The predicted octanol–water partition coefficient (Wildman–Crippen LogP) is 2.46. The standard InChI is InChI=1S/C17H15ClF3N5O2.CH2O2/c1-16(17(20,21)8-28-7-14(22)26-16)10-4-9(2-3-11(10)19)25-15(27)12-5-24-13(18)6-23-12;2-1-3/h2-6H,7-8H2,1H3,(H2,22,26)(H,25,27);1H,(H,2,3)/t16-;/m1./s1. The Kier molecular flexibility index (Phi) is 7.52. The van der Waals surface area contributed by atoms with Gasteiger partial charge in [-0.1, -0.05) is 11.6 Å². The second-order valence-corrected chi connectivity index (χ2v) is 6.74. The minimum atomic E-state index is -3.54. The van der Waals surface area contributed by atoms with Gasteiger partial charge in [0, 0.05) is 11.3 Å². The van der Waals surface area contributed by atoms with Crippen LogP contribution in [0.25, 0.3) is 0 Å². The van der Waals surface area contributed by atoms with Crippen molar-refractivity contribution in [2.45, 2.75) is 18.4 Å². The van der Waals surface area contributed by atoms with Gasteiger partial charge < -0.3 is 20.9 Å². The maximum Gasteiger partial charge on any atom is 0.299 e. The smallest absolute Gasteiger partial charge is 0.299 e. The Hall–Kier alpha value is -3.25. The summed E-state index contributed by atoms with van der Waals surface area (Å²) in [4.78, 5) is 32.0. The molecule has 0 unspecified atom stereocenters. The van der Waals surface area contributed by atoms with E-state index in [0.717, 1.165) is 25.3 Å². The lowest BCUT2D eigenvalue weighted by atomic mass is 9.85. The van der Waals surface area contributed by atoms with Gasteiger partial charge in [-0.05, 0) is 25.1 Å². The first-order valence-electron chi connectivity index (χ1n) is 8.50. The van der Waals surface area contributed by atoms with E-state index in [9.17, 15) is 18.0 Å². The molecule has 3 rings (SSSR count). The fraction of sp³-hybridized carbons (Fsp3) is 0.278. The van der Waals surface area contributed by atoms with Crippen molar-refractivity contribution in [1.29, 1.82) is 0 Å². The van der Waals surface area contributed by atoms with Crippen molar-refractivity contribution in [3.63, 3.8) is 0 Å². The molecule has 1 aliphatic rings.